The van der Waals surface area contributed by atoms with Gasteiger partial charge in [0.15, 0.2) is 0 Å². The summed E-state index contributed by atoms with van der Waals surface area (Å²) in [5, 5.41) is 0. The topological polar surface area (TPSA) is 48.1 Å². The Morgan fingerprint density at radius 3 is 2.92 bits per heavy atom. The number of methoxy groups -OCH3 is 1. The molecular weight excluding hydrogens is 172 g/mol. The van der Waals surface area contributed by atoms with E-state index >= 15 is 0 Å². The van der Waals surface area contributed by atoms with Gasteiger partial charge in [0.05, 0.1) is 6.42 Å². The lowest BCUT2D eigenvalue weighted by molar-refractivity contribution is -0.285. The Morgan fingerprint density at radius 2 is 2.23 bits per heavy atom. The summed E-state index contributed by atoms with van der Waals surface area (Å²) in [7, 11) is 1.57. The third kappa shape index (κ3) is 0.789. The third-order valence-electron chi connectivity index (χ3n) is 3.27. The van der Waals surface area contributed by atoms with E-state index in [1.807, 2.05) is 6.92 Å². The first-order valence-electron chi connectivity index (χ1n) is 4.52. The van der Waals surface area contributed by atoms with Gasteiger partial charge in [-0.3, -0.25) is 4.79 Å². The highest BCUT2D eigenvalue weighted by atomic mass is 16.8. The van der Waals surface area contributed by atoms with Crippen LogP contribution in [0.15, 0.2) is 0 Å². The normalized spacial score (nSPS) is 57.8. The van der Waals surface area contributed by atoms with Crippen LogP contribution in [0.2, 0.25) is 0 Å². The van der Waals surface area contributed by atoms with Gasteiger partial charge in [-0.25, -0.2) is 0 Å². The summed E-state index contributed by atoms with van der Waals surface area (Å²) in [6.45, 7) is 1.93. The molecule has 0 unspecified atom stereocenters. The van der Waals surface area contributed by atoms with Crippen LogP contribution < -0.4 is 0 Å². The Balaban J connectivity index is 2.02. The van der Waals surface area contributed by atoms with Crippen LogP contribution in [0.3, 0.4) is 0 Å². The first-order valence-corrected chi connectivity index (χ1v) is 4.52. The van der Waals surface area contributed by atoms with Crippen molar-refractivity contribution in [1.29, 1.82) is 0 Å². The van der Waals surface area contributed by atoms with Crippen molar-refractivity contribution in [3.05, 3.63) is 0 Å². The Kier molecular flexibility index (Phi) is 1.20. The molecule has 3 aliphatic rings. The molecule has 3 heterocycles. The van der Waals surface area contributed by atoms with E-state index in [9.17, 15) is 4.79 Å². The van der Waals surface area contributed by atoms with Gasteiger partial charge in [0.2, 0.25) is 5.79 Å². The summed E-state index contributed by atoms with van der Waals surface area (Å²) < 4.78 is 16.5. The van der Waals surface area contributed by atoms with E-state index in [-0.39, 0.29) is 18.0 Å². The van der Waals surface area contributed by atoms with Gasteiger partial charge in [-0.1, -0.05) is 0 Å². The standard InChI is InChI=1S/C9H12O4/c1-8-3-5(10)4-9(11-2,13-8)7-6(8)12-7/h6-7H,3-4H2,1-2H3/t6-,7+,8+,9-/m0/s1. The van der Waals surface area contributed by atoms with Crippen LogP contribution in [0, 0.1) is 0 Å². The molecule has 0 aromatic heterocycles. The molecule has 13 heavy (non-hydrogen) atoms. The van der Waals surface area contributed by atoms with Crippen LogP contribution in [0.4, 0.5) is 0 Å². The first-order chi connectivity index (χ1) is 6.10. The number of rotatable bonds is 1. The van der Waals surface area contributed by atoms with Crippen molar-refractivity contribution in [3.63, 3.8) is 0 Å². The number of hydrogen-bond acceptors (Lipinski definition) is 4. The van der Waals surface area contributed by atoms with Crippen molar-refractivity contribution < 1.29 is 19.0 Å². The molecule has 0 N–H and O–H groups in total. The second-order valence-corrected chi connectivity index (χ2v) is 4.30. The van der Waals surface area contributed by atoms with E-state index < -0.39 is 11.4 Å². The molecule has 3 rings (SSSR count). The molecule has 3 fully saturated rings. The smallest absolute Gasteiger partial charge is 0.204 e. The van der Waals surface area contributed by atoms with Gasteiger partial charge in [-0.2, -0.15) is 0 Å². The molecule has 72 valence electrons. The van der Waals surface area contributed by atoms with Crippen molar-refractivity contribution in [2.45, 2.75) is 43.4 Å². The van der Waals surface area contributed by atoms with Gasteiger partial charge in [0.25, 0.3) is 0 Å². The number of carbonyl (C=O) groups is 1. The lowest BCUT2D eigenvalue weighted by Gasteiger charge is -2.38. The first kappa shape index (κ1) is 7.91. The molecule has 4 nitrogen and oxygen atoms in total. The molecule has 0 radical (unpaired) electrons. The summed E-state index contributed by atoms with van der Waals surface area (Å²) >= 11 is 0. The predicted octanol–water partition coefficient (Wildman–Crippen LogP) is 0.248. The minimum absolute atomic E-state index is 0.0195. The summed E-state index contributed by atoms with van der Waals surface area (Å²) in [5.41, 5.74) is -0.435. The lowest BCUT2D eigenvalue weighted by atomic mass is 9.95. The fourth-order valence-electron chi connectivity index (χ4n) is 2.65. The molecule has 3 saturated heterocycles. The zero-order valence-corrected chi connectivity index (χ0v) is 7.70. The molecule has 0 amide bonds. The van der Waals surface area contributed by atoms with E-state index in [2.05, 4.69) is 0 Å². The number of ketones is 1. The van der Waals surface area contributed by atoms with E-state index in [1.54, 1.807) is 7.11 Å². The summed E-state index contributed by atoms with van der Waals surface area (Å²) in [6.07, 6.45) is 0.840. The van der Waals surface area contributed by atoms with Crippen LogP contribution in [0.25, 0.3) is 0 Å². The van der Waals surface area contributed by atoms with Crippen LogP contribution in [0.5, 0.6) is 0 Å². The van der Waals surface area contributed by atoms with Gasteiger partial charge < -0.3 is 14.2 Å². The molecule has 2 bridgehead atoms. The van der Waals surface area contributed by atoms with Crippen LogP contribution >= 0.6 is 0 Å². The number of ether oxygens (including phenoxy) is 3. The van der Waals surface area contributed by atoms with Gasteiger partial charge in [0, 0.05) is 13.5 Å². The van der Waals surface area contributed by atoms with Crippen molar-refractivity contribution in [2.24, 2.45) is 0 Å². The molecule has 0 aromatic carbocycles. The van der Waals surface area contributed by atoms with Gasteiger partial charge in [0.1, 0.15) is 23.6 Å². The van der Waals surface area contributed by atoms with Crippen molar-refractivity contribution in [1.82, 2.24) is 0 Å². The molecule has 0 saturated carbocycles. The Labute approximate surface area is 76.1 Å². The Hall–Kier alpha value is -0.450. The molecule has 0 spiro atoms. The molecule has 0 aliphatic carbocycles. The fraction of sp³-hybridized carbons (Fsp3) is 0.889. The largest absolute Gasteiger partial charge is 0.361 e. The third-order valence-corrected chi connectivity index (χ3v) is 3.27. The molecule has 3 aliphatic heterocycles. The van der Waals surface area contributed by atoms with E-state index in [0.717, 1.165) is 0 Å². The highest BCUT2D eigenvalue weighted by molar-refractivity contribution is 5.82. The highest BCUT2D eigenvalue weighted by Gasteiger charge is 2.75. The summed E-state index contributed by atoms with van der Waals surface area (Å²) in [5.74, 6) is -0.555. The Morgan fingerprint density at radius 1 is 1.46 bits per heavy atom. The summed E-state index contributed by atoms with van der Waals surface area (Å²) in [4.78, 5) is 11.4. The van der Waals surface area contributed by atoms with Gasteiger partial charge >= 0.3 is 0 Å². The number of hydrogen-bond donors (Lipinski definition) is 0. The SMILES string of the molecule is CO[C@@]12CC(=O)C[C@@](C)(O1)[C@H]1O[C@H]12. The Bertz CT molecular complexity index is 289. The zero-order chi connectivity index (χ0) is 9.27. The lowest BCUT2D eigenvalue weighted by Crippen LogP contribution is -2.49. The molecule has 4 heteroatoms. The molecule has 0 aromatic rings. The maximum absolute atomic E-state index is 11.4. The van der Waals surface area contributed by atoms with Gasteiger partial charge in [-0.05, 0) is 6.92 Å². The zero-order valence-electron chi connectivity index (χ0n) is 7.70. The van der Waals surface area contributed by atoms with Crippen LogP contribution in [0.1, 0.15) is 19.8 Å². The van der Waals surface area contributed by atoms with Crippen molar-refractivity contribution in [2.75, 3.05) is 7.11 Å². The average molecular weight is 184 g/mol. The number of Topliss-reactive ketones (excluding diaryl/α,β-unsaturated/α-hetero) is 1. The average Bonchev–Trinajstić information content (AvgIpc) is 2.78. The minimum atomic E-state index is -0.769. The van der Waals surface area contributed by atoms with E-state index in [1.165, 1.54) is 0 Å². The second-order valence-electron chi connectivity index (χ2n) is 4.30. The quantitative estimate of drug-likeness (QED) is 0.548. The van der Waals surface area contributed by atoms with E-state index in [0.29, 0.717) is 12.8 Å². The van der Waals surface area contributed by atoms with Crippen LogP contribution in [-0.4, -0.2) is 36.5 Å². The maximum atomic E-state index is 11.4. The monoisotopic (exact) mass is 184 g/mol. The fourth-order valence-corrected chi connectivity index (χ4v) is 2.65. The second kappa shape index (κ2) is 1.97. The van der Waals surface area contributed by atoms with Crippen LogP contribution in [-0.2, 0) is 19.0 Å². The van der Waals surface area contributed by atoms with Crippen molar-refractivity contribution in [3.8, 4) is 0 Å². The molecule has 4 atom stereocenters. The van der Waals surface area contributed by atoms with E-state index in [4.69, 9.17) is 14.2 Å². The maximum Gasteiger partial charge on any atom is 0.204 e. The minimum Gasteiger partial charge on any atom is -0.361 e. The number of epoxide rings is 1. The highest BCUT2D eigenvalue weighted by Crippen LogP contribution is 2.57. The summed E-state index contributed by atoms with van der Waals surface area (Å²) in [6, 6.07) is 0. The predicted molar refractivity (Wildman–Crippen MR) is 42.1 cm³/mol. The number of fused-ring (bicyclic) bond motifs is 5. The van der Waals surface area contributed by atoms with Crippen molar-refractivity contribution >= 4 is 5.78 Å². The molecular formula is C9H12O4. The number of carbonyl (C=O) groups excluding carboxylic acids is 1. The van der Waals surface area contributed by atoms with Gasteiger partial charge in [-0.15, -0.1) is 0 Å².